The Balaban J connectivity index is 2.95. The molecule has 1 aromatic carbocycles. The van der Waals surface area contributed by atoms with Gasteiger partial charge in [0.05, 0.1) is 13.2 Å². The van der Waals surface area contributed by atoms with Crippen molar-refractivity contribution in [2.45, 2.75) is 18.3 Å². The van der Waals surface area contributed by atoms with Crippen molar-refractivity contribution in [1.82, 2.24) is 5.32 Å². The highest BCUT2D eigenvalue weighted by atomic mass is 19.4. The van der Waals surface area contributed by atoms with E-state index in [4.69, 9.17) is 10.2 Å². The molecule has 0 unspecified atom stereocenters. The molecule has 0 aliphatic heterocycles. The molecule has 8 heteroatoms. The summed E-state index contributed by atoms with van der Waals surface area (Å²) in [6, 6.07) is 2.86. The van der Waals surface area contributed by atoms with Crippen molar-refractivity contribution in [3.8, 4) is 0 Å². The van der Waals surface area contributed by atoms with Gasteiger partial charge in [-0.2, -0.15) is 13.2 Å². The Bertz CT molecular complexity index is 411. The largest absolute Gasteiger partial charge is 0.411 e. The number of nitrogens with one attached hydrogen (secondary N) is 1. The van der Waals surface area contributed by atoms with Gasteiger partial charge in [-0.3, -0.25) is 5.32 Å². The summed E-state index contributed by atoms with van der Waals surface area (Å²) in [7, 11) is 0. The van der Waals surface area contributed by atoms with Crippen LogP contribution in [0.4, 0.5) is 22.0 Å². The molecule has 0 fully saturated rings. The minimum atomic E-state index is -4.97. The Kier molecular flexibility index (Phi) is 4.83. The summed E-state index contributed by atoms with van der Waals surface area (Å²) >= 11 is 0. The van der Waals surface area contributed by atoms with Crippen molar-refractivity contribution in [2.24, 2.45) is 0 Å². The van der Waals surface area contributed by atoms with Gasteiger partial charge in [-0.25, -0.2) is 8.78 Å². The fraction of sp³-hybridized carbons (Fsp3) is 0.455. The normalized spacial score (nSPS) is 12.8. The van der Waals surface area contributed by atoms with Gasteiger partial charge in [-0.1, -0.05) is 6.07 Å². The van der Waals surface area contributed by atoms with E-state index in [0.29, 0.717) is 0 Å². The van der Waals surface area contributed by atoms with Crippen LogP contribution < -0.4 is 5.32 Å². The maximum atomic E-state index is 13.2. The molecular weight excluding hydrogens is 273 g/mol. The van der Waals surface area contributed by atoms with Crippen LogP contribution in [0.5, 0.6) is 0 Å². The second-order valence-corrected chi connectivity index (χ2v) is 3.95. The minimum Gasteiger partial charge on any atom is -0.394 e. The van der Waals surface area contributed by atoms with Crippen LogP contribution in [0.1, 0.15) is 5.56 Å². The zero-order valence-electron chi connectivity index (χ0n) is 9.64. The molecular formula is C11H12F5NO2. The van der Waals surface area contributed by atoms with E-state index >= 15 is 0 Å². The van der Waals surface area contributed by atoms with Crippen LogP contribution in [0.2, 0.25) is 0 Å². The lowest BCUT2D eigenvalue weighted by atomic mass is 10.0. The summed E-state index contributed by atoms with van der Waals surface area (Å²) in [6.45, 7) is -3.73. The molecule has 0 heterocycles. The average molecular weight is 285 g/mol. The van der Waals surface area contributed by atoms with Crippen LogP contribution in [0.15, 0.2) is 18.2 Å². The SMILES string of the molecule is OCC(CO)(NCc1c(F)cccc1F)C(F)(F)F. The zero-order chi connectivity index (χ0) is 14.7. The highest BCUT2D eigenvalue weighted by Crippen LogP contribution is 2.30. The number of aliphatic hydroxyl groups is 2. The lowest BCUT2D eigenvalue weighted by Crippen LogP contribution is -2.62. The van der Waals surface area contributed by atoms with Gasteiger partial charge in [-0.15, -0.1) is 0 Å². The van der Waals surface area contributed by atoms with E-state index < -0.39 is 48.7 Å². The monoisotopic (exact) mass is 285 g/mol. The van der Waals surface area contributed by atoms with Crippen LogP contribution in [0.3, 0.4) is 0 Å². The molecule has 0 aliphatic rings. The fourth-order valence-corrected chi connectivity index (χ4v) is 1.40. The van der Waals surface area contributed by atoms with Crippen LogP contribution >= 0.6 is 0 Å². The van der Waals surface area contributed by atoms with Crippen LogP contribution in [0.25, 0.3) is 0 Å². The highest BCUT2D eigenvalue weighted by Gasteiger charge is 2.54. The summed E-state index contributed by atoms with van der Waals surface area (Å²) in [5.74, 6) is -2.03. The molecule has 0 saturated heterocycles. The van der Waals surface area contributed by atoms with E-state index in [1.807, 2.05) is 0 Å². The van der Waals surface area contributed by atoms with Gasteiger partial charge in [-0.05, 0) is 12.1 Å². The van der Waals surface area contributed by atoms with Gasteiger partial charge in [0.2, 0.25) is 0 Å². The topological polar surface area (TPSA) is 52.5 Å². The number of hydrogen-bond acceptors (Lipinski definition) is 3. The van der Waals surface area contributed by atoms with E-state index in [2.05, 4.69) is 0 Å². The number of rotatable bonds is 5. The number of halogens is 5. The number of hydrogen-bond donors (Lipinski definition) is 3. The van der Waals surface area contributed by atoms with Gasteiger partial charge < -0.3 is 10.2 Å². The standard InChI is InChI=1S/C11H12F5NO2/c12-8-2-1-3-9(13)7(8)4-17-10(5-18,6-19)11(14,15)16/h1-3,17-19H,4-6H2. The highest BCUT2D eigenvalue weighted by molar-refractivity contribution is 5.20. The first kappa shape index (κ1) is 15.8. The molecule has 0 spiro atoms. The van der Waals surface area contributed by atoms with Gasteiger partial charge in [0, 0.05) is 12.1 Å². The zero-order valence-corrected chi connectivity index (χ0v) is 9.64. The fourth-order valence-electron chi connectivity index (χ4n) is 1.40. The molecule has 0 bridgehead atoms. The molecule has 0 amide bonds. The van der Waals surface area contributed by atoms with E-state index in [1.54, 1.807) is 5.32 Å². The van der Waals surface area contributed by atoms with Crippen molar-refractivity contribution in [1.29, 1.82) is 0 Å². The Morgan fingerprint density at radius 2 is 1.47 bits per heavy atom. The van der Waals surface area contributed by atoms with Crippen LogP contribution in [0, 0.1) is 11.6 Å². The molecule has 19 heavy (non-hydrogen) atoms. The summed E-state index contributed by atoms with van der Waals surface area (Å²) in [6.07, 6.45) is -4.97. The molecule has 1 aromatic rings. The van der Waals surface area contributed by atoms with Crippen molar-refractivity contribution in [3.63, 3.8) is 0 Å². The lowest BCUT2D eigenvalue weighted by molar-refractivity contribution is -0.217. The van der Waals surface area contributed by atoms with Gasteiger partial charge >= 0.3 is 6.18 Å². The Labute approximate surface area is 105 Å². The summed E-state index contributed by atoms with van der Waals surface area (Å²) < 4.78 is 64.6. The maximum absolute atomic E-state index is 13.2. The molecule has 1 rings (SSSR count). The van der Waals surface area contributed by atoms with E-state index in [-0.39, 0.29) is 0 Å². The molecule has 3 N–H and O–H groups in total. The van der Waals surface area contributed by atoms with Crippen molar-refractivity contribution >= 4 is 0 Å². The molecule has 108 valence electrons. The van der Waals surface area contributed by atoms with Crippen molar-refractivity contribution in [2.75, 3.05) is 13.2 Å². The van der Waals surface area contributed by atoms with E-state index in [1.165, 1.54) is 0 Å². The predicted molar refractivity (Wildman–Crippen MR) is 56.2 cm³/mol. The Hall–Kier alpha value is -1.25. The summed E-state index contributed by atoms with van der Waals surface area (Å²) in [5, 5.41) is 19.4. The second-order valence-electron chi connectivity index (χ2n) is 3.95. The third kappa shape index (κ3) is 3.20. The van der Waals surface area contributed by atoms with Gasteiger partial charge in [0.1, 0.15) is 11.6 Å². The molecule has 3 nitrogen and oxygen atoms in total. The molecule has 0 aromatic heterocycles. The van der Waals surface area contributed by atoms with Crippen molar-refractivity contribution in [3.05, 3.63) is 35.4 Å². The Morgan fingerprint density at radius 3 is 1.84 bits per heavy atom. The van der Waals surface area contributed by atoms with Crippen molar-refractivity contribution < 1.29 is 32.2 Å². The molecule has 0 saturated carbocycles. The maximum Gasteiger partial charge on any atom is 0.411 e. The predicted octanol–water partition coefficient (Wildman–Crippen LogP) is 1.34. The van der Waals surface area contributed by atoms with Crippen LogP contribution in [-0.4, -0.2) is 35.1 Å². The quantitative estimate of drug-likeness (QED) is 0.716. The third-order valence-corrected chi connectivity index (χ3v) is 2.75. The average Bonchev–Trinajstić information content (AvgIpc) is 2.32. The minimum absolute atomic E-state index is 0.599. The summed E-state index contributed by atoms with van der Waals surface area (Å²) in [4.78, 5) is 0. The first-order chi connectivity index (χ1) is 8.77. The van der Waals surface area contributed by atoms with Gasteiger partial charge in [0.25, 0.3) is 0 Å². The Morgan fingerprint density at radius 1 is 1.00 bits per heavy atom. The number of aliphatic hydroxyl groups excluding tert-OH is 2. The van der Waals surface area contributed by atoms with Gasteiger partial charge in [0.15, 0.2) is 5.54 Å². The molecule has 0 aliphatic carbocycles. The first-order valence-corrected chi connectivity index (χ1v) is 5.24. The lowest BCUT2D eigenvalue weighted by Gasteiger charge is -2.33. The molecule has 0 atom stereocenters. The van der Waals surface area contributed by atoms with Crippen LogP contribution in [-0.2, 0) is 6.54 Å². The van der Waals surface area contributed by atoms with E-state index in [9.17, 15) is 22.0 Å². The second kappa shape index (κ2) is 5.81. The third-order valence-electron chi connectivity index (χ3n) is 2.75. The van der Waals surface area contributed by atoms with E-state index in [0.717, 1.165) is 18.2 Å². The smallest absolute Gasteiger partial charge is 0.394 e. The number of benzene rings is 1. The molecule has 0 radical (unpaired) electrons. The summed E-state index contributed by atoms with van der Waals surface area (Å²) in [5.41, 5.74) is -3.61. The first-order valence-electron chi connectivity index (χ1n) is 5.24. The number of alkyl halides is 3.